The summed E-state index contributed by atoms with van der Waals surface area (Å²) in [6, 6.07) is 7.71. The number of amides is 1. The highest BCUT2D eigenvalue weighted by atomic mass is 16.5. The molecule has 118 valence electrons. The molecule has 5 nitrogen and oxygen atoms in total. The summed E-state index contributed by atoms with van der Waals surface area (Å²) in [4.78, 5) is 11.4. The lowest BCUT2D eigenvalue weighted by Crippen LogP contribution is -2.34. The van der Waals surface area contributed by atoms with Crippen molar-refractivity contribution in [1.82, 2.24) is 10.6 Å². The first-order chi connectivity index (χ1) is 10.1. The normalized spacial score (nSPS) is 12.0. The molecule has 1 aromatic carbocycles. The number of aliphatic hydroxyl groups excluding tert-OH is 1. The molecule has 1 atom stereocenters. The van der Waals surface area contributed by atoms with E-state index in [2.05, 4.69) is 10.6 Å². The van der Waals surface area contributed by atoms with Gasteiger partial charge in [-0.3, -0.25) is 4.79 Å². The Hall–Kier alpha value is -1.59. The van der Waals surface area contributed by atoms with Crippen LogP contribution in [0.3, 0.4) is 0 Å². The second-order valence-electron chi connectivity index (χ2n) is 5.09. The first-order valence-corrected chi connectivity index (χ1v) is 7.46. The van der Waals surface area contributed by atoms with Crippen molar-refractivity contribution in [3.8, 4) is 5.75 Å². The Balaban J connectivity index is 2.08. The van der Waals surface area contributed by atoms with Gasteiger partial charge in [-0.25, -0.2) is 0 Å². The van der Waals surface area contributed by atoms with Crippen LogP contribution in [0, 0.1) is 6.92 Å². The van der Waals surface area contributed by atoms with Crippen LogP contribution in [0.2, 0.25) is 0 Å². The van der Waals surface area contributed by atoms with E-state index in [1.54, 1.807) is 0 Å². The minimum Gasteiger partial charge on any atom is -0.491 e. The van der Waals surface area contributed by atoms with Gasteiger partial charge in [-0.2, -0.15) is 0 Å². The monoisotopic (exact) mass is 294 g/mol. The van der Waals surface area contributed by atoms with Gasteiger partial charge in [0, 0.05) is 26.1 Å². The Bertz CT molecular complexity index is 424. The molecule has 0 saturated carbocycles. The molecule has 3 N–H and O–H groups in total. The van der Waals surface area contributed by atoms with E-state index >= 15 is 0 Å². The number of nitrogens with one attached hydrogen (secondary N) is 2. The van der Waals surface area contributed by atoms with Crippen molar-refractivity contribution in [1.29, 1.82) is 0 Å². The molecule has 1 unspecified atom stereocenters. The van der Waals surface area contributed by atoms with Crippen molar-refractivity contribution in [3.63, 3.8) is 0 Å². The molecule has 1 aromatic rings. The first kappa shape index (κ1) is 17.5. The summed E-state index contributed by atoms with van der Waals surface area (Å²) < 4.78 is 5.51. The van der Waals surface area contributed by atoms with E-state index in [1.807, 2.05) is 38.1 Å². The van der Waals surface area contributed by atoms with Gasteiger partial charge in [-0.1, -0.05) is 19.1 Å². The minimum atomic E-state index is -0.593. The standard InChI is InChI=1S/C16H26N2O3/c1-3-8-18-16(20)7-9-17-11-14(19)12-21-15-6-4-5-13(2)10-15/h4-6,10,14,17,19H,3,7-9,11-12H2,1-2H3,(H,18,20). The smallest absolute Gasteiger partial charge is 0.221 e. The molecule has 1 rings (SSSR count). The maximum absolute atomic E-state index is 11.4. The molecule has 0 aliphatic carbocycles. The van der Waals surface area contributed by atoms with Gasteiger partial charge in [0.25, 0.3) is 0 Å². The second kappa shape index (κ2) is 10.2. The van der Waals surface area contributed by atoms with Crippen LogP contribution in [0.15, 0.2) is 24.3 Å². The zero-order valence-corrected chi connectivity index (χ0v) is 12.9. The average Bonchev–Trinajstić information content (AvgIpc) is 2.47. The predicted octanol–water partition coefficient (Wildman–Crippen LogP) is 1.24. The van der Waals surface area contributed by atoms with Crippen LogP contribution in [-0.2, 0) is 4.79 Å². The van der Waals surface area contributed by atoms with E-state index in [9.17, 15) is 9.90 Å². The topological polar surface area (TPSA) is 70.6 Å². The lowest BCUT2D eigenvalue weighted by Gasteiger charge is -2.13. The highest BCUT2D eigenvalue weighted by Gasteiger charge is 2.06. The number of hydrogen-bond donors (Lipinski definition) is 3. The fourth-order valence-electron chi connectivity index (χ4n) is 1.78. The van der Waals surface area contributed by atoms with Crippen LogP contribution < -0.4 is 15.4 Å². The zero-order valence-electron chi connectivity index (χ0n) is 12.9. The number of ether oxygens (including phenoxy) is 1. The fourth-order valence-corrected chi connectivity index (χ4v) is 1.78. The van der Waals surface area contributed by atoms with Crippen LogP contribution in [0.25, 0.3) is 0 Å². The number of benzene rings is 1. The van der Waals surface area contributed by atoms with Gasteiger partial charge in [0.15, 0.2) is 0 Å². The third-order valence-electron chi connectivity index (χ3n) is 2.91. The molecule has 0 aliphatic rings. The minimum absolute atomic E-state index is 0.0369. The van der Waals surface area contributed by atoms with Crippen molar-refractivity contribution in [2.75, 3.05) is 26.2 Å². The number of aryl methyl sites for hydroxylation is 1. The van der Waals surface area contributed by atoms with E-state index in [-0.39, 0.29) is 12.5 Å². The Labute approximate surface area is 126 Å². The molecule has 1 amide bonds. The quantitative estimate of drug-likeness (QED) is 0.568. The van der Waals surface area contributed by atoms with E-state index in [1.165, 1.54) is 0 Å². The molecular formula is C16H26N2O3. The summed E-state index contributed by atoms with van der Waals surface area (Å²) in [5.41, 5.74) is 1.12. The van der Waals surface area contributed by atoms with Crippen LogP contribution in [0.1, 0.15) is 25.3 Å². The number of rotatable bonds is 10. The van der Waals surface area contributed by atoms with E-state index in [0.717, 1.165) is 17.7 Å². The summed E-state index contributed by atoms with van der Waals surface area (Å²) in [6.07, 6.45) is 0.767. The van der Waals surface area contributed by atoms with Gasteiger partial charge in [-0.05, 0) is 31.0 Å². The van der Waals surface area contributed by atoms with Crippen LogP contribution in [0.5, 0.6) is 5.75 Å². The number of carbonyl (C=O) groups excluding carboxylic acids is 1. The van der Waals surface area contributed by atoms with E-state index < -0.39 is 6.10 Å². The summed E-state index contributed by atoms with van der Waals surface area (Å²) >= 11 is 0. The molecule has 0 bridgehead atoms. The molecule has 0 radical (unpaired) electrons. The molecule has 0 spiro atoms. The number of hydrogen-bond acceptors (Lipinski definition) is 4. The van der Waals surface area contributed by atoms with Crippen molar-refractivity contribution in [2.45, 2.75) is 32.8 Å². The third kappa shape index (κ3) is 8.32. The Morgan fingerprint density at radius 1 is 1.38 bits per heavy atom. The van der Waals surface area contributed by atoms with Crippen molar-refractivity contribution < 1.29 is 14.6 Å². The highest BCUT2D eigenvalue weighted by molar-refractivity contribution is 5.75. The van der Waals surface area contributed by atoms with Crippen LogP contribution >= 0.6 is 0 Å². The SMILES string of the molecule is CCCNC(=O)CCNCC(O)COc1cccc(C)c1. The molecule has 0 saturated heterocycles. The molecule has 0 heterocycles. The van der Waals surface area contributed by atoms with Gasteiger partial charge in [0.1, 0.15) is 18.5 Å². The van der Waals surface area contributed by atoms with Crippen LogP contribution in [0.4, 0.5) is 0 Å². The van der Waals surface area contributed by atoms with Gasteiger partial charge < -0.3 is 20.5 Å². The summed E-state index contributed by atoms with van der Waals surface area (Å²) in [5, 5.41) is 15.7. The zero-order chi connectivity index (χ0) is 15.5. The van der Waals surface area contributed by atoms with Gasteiger partial charge in [0.2, 0.25) is 5.91 Å². The van der Waals surface area contributed by atoms with Gasteiger partial charge >= 0.3 is 0 Å². The largest absolute Gasteiger partial charge is 0.491 e. The lowest BCUT2D eigenvalue weighted by molar-refractivity contribution is -0.121. The fraction of sp³-hybridized carbons (Fsp3) is 0.562. The third-order valence-corrected chi connectivity index (χ3v) is 2.91. The van der Waals surface area contributed by atoms with Crippen molar-refractivity contribution >= 4 is 5.91 Å². The van der Waals surface area contributed by atoms with Gasteiger partial charge in [-0.15, -0.1) is 0 Å². The summed E-state index contributed by atoms with van der Waals surface area (Å²) in [5.74, 6) is 0.794. The maximum atomic E-state index is 11.4. The molecular weight excluding hydrogens is 268 g/mol. The Morgan fingerprint density at radius 2 is 2.19 bits per heavy atom. The number of carbonyl (C=O) groups is 1. The number of aliphatic hydroxyl groups is 1. The maximum Gasteiger partial charge on any atom is 0.221 e. The average molecular weight is 294 g/mol. The van der Waals surface area contributed by atoms with Crippen LogP contribution in [-0.4, -0.2) is 43.4 Å². The van der Waals surface area contributed by atoms with Gasteiger partial charge in [0.05, 0.1) is 0 Å². The molecule has 0 aromatic heterocycles. The van der Waals surface area contributed by atoms with Crippen molar-refractivity contribution in [3.05, 3.63) is 29.8 Å². The predicted molar refractivity (Wildman–Crippen MR) is 83.5 cm³/mol. The Morgan fingerprint density at radius 3 is 2.90 bits per heavy atom. The van der Waals surface area contributed by atoms with E-state index in [0.29, 0.717) is 26.1 Å². The molecule has 0 fully saturated rings. The Kier molecular flexibility index (Phi) is 8.47. The molecule has 0 aliphatic heterocycles. The summed E-state index contributed by atoms with van der Waals surface area (Å²) in [6.45, 7) is 5.92. The lowest BCUT2D eigenvalue weighted by atomic mass is 10.2. The summed E-state index contributed by atoms with van der Waals surface area (Å²) in [7, 11) is 0. The molecule has 5 heteroatoms. The highest BCUT2D eigenvalue weighted by Crippen LogP contribution is 2.12. The molecule has 21 heavy (non-hydrogen) atoms. The first-order valence-electron chi connectivity index (χ1n) is 7.46. The van der Waals surface area contributed by atoms with Crippen molar-refractivity contribution in [2.24, 2.45) is 0 Å². The van der Waals surface area contributed by atoms with E-state index in [4.69, 9.17) is 4.74 Å². The second-order valence-corrected chi connectivity index (χ2v) is 5.09.